The lowest BCUT2D eigenvalue weighted by atomic mass is 10.3. The molecule has 4 rings (SSSR count). The first-order valence-electron chi connectivity index (χ1n) is 8.81. The number of hydrogen-bond acceptors (Lipinski definition) is 6. The van der Waals surface area contributed by atoms with Gasteiger partial charge in [-0.2, -0.15) is 0 Å². The number of sulfonamides is 1. The van der Waals surface area contributed by atoms with E-state index in [-0.39, 0.29) is 4.90 Å². The quantitative estimate of drug-likeness (QED) is 0.436. The van der Waals surface area contributed by atoms with E-state index in [1.807, 2.05) is 11.5 Å². The van der Waals surface area contributed by atoms with Gasteiger partial charge in [-0.25, -0.2) is 13.4 Å². The van der Waals surface area contributed by atoms with Crippen molar-refractivity contribution in [3.8, 4) is 17.4 Å². The fourth-order valence-electron chi connectivity index (χ4n) is 2.66. The molecule has 0 aliphatic rings. The first-order valence-corrected chi connectivity index (χ1v) is 11.1. The van der Waals surface area contributed by atoms with Crippen LogP contribution in [0.1, 0.15) is 5.82 Å². The number of benzene rings is 2. The summed E-state index contributed by atoms with van der Waals surface area (Å²) >= 11 is 3.29. The molecule has 0 atom stereocenters. The van der Waals surface area contributed by atoms with Gasteiger partial charge in [0, 0.05) is 28.6 Å². The number of aromatic nitrogens is 4. The molecule has 2 aromatic carbocycles. The molecular weight excluding hydrogens is 470 g/mol. The lowest BCUT2D eigenvalue weighted by molar-refractivity contribution is 0.454. The van der Waals surface area contributed by atoms with Crippen LogP contribution in [0, 0.1) is 6.92 Å². The van der Waals surface area contributed by atoms with Crippen molar-refractivity contribution in [2.45, 2.75) is 11.8 Å². The molecule has 0 amide bonds. The summed E-state index contributed by atoms with van der Waals surface area (Å²) in [5.74, 6) is 2.26. The standard InChI is InChI=1S/C20H16BrN5O3S/c1-14-22-12-13-26(14)19-10-11-20(24-23-19)29-17-6-4-16(5-7-17)25-30(27,28)18-8-2-15(21)3-9-18/h2-13,25H,1H3. The molecule has 0 spiro atoms. The third kappa shape index (κ3) is 4.50. The fraction of sp³-hybridized carbons (Fsp3) is 0.0500. The maximum absolute atomic E-state index is 12.5. The number of nitrogens with zero attached hydrogens (tertiary/aromatic N) is 4. The van der Waals surface area contributed by atoms with Crippen LogP contribution in [-0.2, 0) is 10.0 Å². The van der Waals surface area contributed by atoms with E-state index >= 15 is 0 Å². The second-order valence-electron chi connectivity index (χ2n) is 6.26. The van der Waals surface area contributed by atoms with Gasteiger partial charge in [-0.3, -0.25) is 9.29 Å². The first kappa shape index (κ1) is 20.0. The lowest BCUT2D eigenvalue weighted by Gasteiger charge is -2.10. The second-order valence-corrected chi connectivity index (χ2v) is 8.86. The second kappa shape index (κ2) is 8.25. The average Bonchev–Trinajstić information content (AvgIpc) is 3.16. The molecule has 0 bridgehead atoms. The van der Waals surface area contributed by atoms with Crippen molar-refractivity contribution in [1.29, 1.82) is 0 Å². The third-order valence-electron chi connectivity index (χ3n) is 4.15. The summed E-state index contributed by atoms with van der Waals surface area (Å²) in [6, 6.07) is 16.4. The Labute approximate surface area is 181 Å². The molecular formula is C20H16BrN5O3S. The summed E-state index contributed by atoms with van der Waals surface area (Å²) < 4.78 is 35.8. The van der Waals surface area contributed by atoms with Crippen LogP contribution in [0.4, 0.5) is 5.69 Å². The Morgan fingerprint density at radius 3 is 2.30 bits per heavy atom. The van der Waals surface area contributed by atoms with Crippen LogP contribution >= 0.6 is 15.9 Å². The monoisotopic (exact) mass is 485 g/mol. The Morgan fingerprint density at radius 2 is 1.70 bits per heavy atom. The molecule has 4 aromatic rings. The fourth-order valence-corrected chi connectivity index (χ4v) is 3.98. The van der Waals surface area contributed by atoms with E-state index in [1.165, 1.54) is 12.1 Å². The molecule has 0 radical (unpaired) electrons. The normalized spacial score (nSPS) is 11.3. The zero-order valence-corrected chi connectivity index (χ0v) is 18.1. The van der Waals surface area contributed by atoms with E-state index in [4.69, 9.17) is 4.74 Å². The molecule has 0 aliphatic heterocycles. The molecule has 2 aromatic heterocycles. The number of aryl methyl sites for hydroxylation is 1. The molecule has 0 unspecified atom stereocenters. The summed E-state index contributed by atoms with van der Waals surface area (Å²) in [5.41, 5.74) is 0.419. The first-order chi connectivity index (χ1) is 14.4. The molecule has 30 heavy (non-hydrogen) atoms. The number of halogens is 1. The molecule has 0 saturated heterocycles. The van der Waals surface area contributed by atoms with Gasteiger partial charge < -0.3 is 4.74 Å². The number of imidazole rings is 1. The summed E-state index contributed by atoms with van der Waals surface area (Å²) in [4.78, 5) is 4.33. The van der Waals surface area contributed by atoms with E-state index in [2.05, 4.69) is 35.8 Å². The van der Waals surface area contributed by atoms with Gasteiger partial charge in [0.1, 0.15) is 11.6 Å². The maximum atomic E-state index is 12.5. The van der Waals surface area contributed by atoms with Crippen LogP contribution in [0.2, 0.25) is 0 Å². The summed E-state index contributed by atoms with van der Waals surface area (Å²) in [5, 5.41) is 8.20. The van der Waals surface area contributed by atoms with Gasteiger partial charge in [0.25, 0.3) is 10.0 Å². The Balaban J connectivity index is 1.43. The van der Waals surface area contributed by atoms with Crippen LogP contribution in [0.25, 0.3) is 5.82 Å². The average molecular weight is 486 g/mol. The predicted molar refractivity (Wildman–Crippen MR) is 115 cm³/mol. The molecule has 2 heterocycles. The van der Waals surface area contributed by atoms with Crippen molar-refractivity contribution >= 4 is 31.6 Å². The molecule has 0 saturated carbocycles. The van der Waals surface area contributed by atoms with E-state index in [1.54, 1.807) is 60.9 Å². The summed E-state index contributed by atoms with van der Waals surface area (Å²) in [6.45, 7) is 1.87. The van der Waals surface area contributed by atoms with Gasteiger partial charge in [-0.1, -0.05) is 15.9 Å². The summed E-state index contributed by atoms with van der Waals surface area (Å²) in [7, 11) is -3.67. The van der Waals surface area contributed by atoms with Crippen LogP contribution < -0.4 is 9.46 Å². The van der Waals surface area contributed by atoms with Gasteiger partial charge in [0.15, 0.2) is 5.82 Å². The molecule has 0 fully saturated rings. The van der Waals surface area contributed by atoms with Gasteiger partial charge in [0.2, 0.25) is 5.88 Å². The van der Waals surface area contributed by atoms with Crippen LogP contribution in [0.3, 0.4) is 0 Å². The molecule has 1 N–H and O–H groups in total. The highest BCUT2D eigenvalue weighted by Gasteiger charge is 2.14. The Bertz CT molecular complexity index is 1260. The number of nitrogens with one attached hydrogen (secondary N) is 1. The summed E-state index contributed by atoms with van der Waals surface area (Å²) in [6.07, 6.45) is 3.49. The van der Waals surface area contributed by atoms with Gasteiger partial charge in [-0.15, -0.1) is 10.2 Å². The Kier molecular flexibility index (Phi) is 5.51. The molecule has 0 aliphatic carbocycles. The van der Waals surface area contributed by atoms with Gasteiger partial charge in [0.05, 0.1) is 4.90 Å². The minimum atomic E-state index is -3.67. The van der Waals surface area contributed by atoms with Crippen molar-refractivity contribution in [3.05, 3.63) is 83.4 Å². The zero-order chi connectivity index (χ0) is 21.1. The van der Waals surface area contributed by atoms with Gasteiger partial charge >= 0.3 is 0 Å². The minimum absolute atomic E-state index is 0.175. The van der Waals surface area contributed by atoms with Crippen molar-refractivity contribution in [2.75, 3.05) is 4.72 Å². The van der Waals surface area contributed by atoms with E-state index in [0.29, 0.717) is 23.1 Å². The van der Waals surface area contributed by atoms with E-state index in [9.17, 15) is 8.42 Å². The lowest BCUT2D eigenvalue weighted by Crippen LogP contribution is -2.12. The highest BCUT2D eigenvalue weighted by atomic mass is 79.9. The third-order valence-corrected chi connectivity index (χ3v) is 6.08. The Morgan fingerprint density at radius 1 is 0.967 bits per heavy atom. The molecule has 10 heteroatoms. The largest absolute Gasteiger partial charge is 0.438 e. The molecule has 8 nitrogen and oxygen atoms in total. The van der Waals surface area contributed by atoms with Crippen molar-refractivity contribution in [2.24, 2.45) is 0 Å². The van der Waals surface area contributed by atoms with E-state index < -0.39 is 10.0 Å². The van der Waals surface area contributed by atoms with Crippen molar-refractivity contribution in [3.63, 3.8) is 0 Å². The highest BCUT2D eigenvalue weighted by Crippen LogP contribution is 2.24. The maximum Gasteiger partial charge on any atom is 0.261 e. The van der Waals surface area contributed by atoms with Crippen LogP contribution in [0.5, 0.6) is 11.6 Å². The predicted octanol–water partition coefficient (Wildman–Crippen LogP) is 4.33. The van der Waals surface area contributed by atoms with Crippen molar-refractivity contribution < 1.29 is 13.2 Å². The number of rotatable bonds is 6. The number of hydrogen-bond donors (Lipinski definition) is 1. The zero-order valence-electron chi connectivity index (χ0n) is 15.7. The minimum Gasteiger partial charge on any atom is -0.438 e. The highest BCUT2D eigenvalue weighted by molar-refractivity contribution is 9.10. The van der Waals surface area contributed by atoms with Crippen LogP contribution in [-0.4, -0.2) is 28.2 Å². The topological polar surface area (TPSA) is 99.0 Å². The van der Waals surface area contributed by atoms with Gasteiger partial charge in [-0.05, 0) is 61.5 Å². The van der Waals surface area contributed by atoms with E-state index in [0.717, 1.165) is 10.3 Å². The van der Waals surface area contributed by atoms with Crippen LogP contribution in [0.15, 0.2) is 82.4 Å². The molecule has 152 valence electrons. The number of ether oxygens (including phenoxy) is 1. The smallest absolute Gasteiger partial charge is 0.261 e. The number of anilines is 1. The Hall–Kier alpha value is -3.24. The van der Waals surface area contributed by atoms with Crippen molar-refractivity contribution in [1.82, 2.24) is 19.7 Å². The SMILES string of the molecule is Cc1nccn1-c1ccc(Oc2ccc(NS(=O)(=O)c3ccc(Br)cc3)cc2)nn1.